The summed E-state index contributed by atoms with van der Waals surface area (Å²) in [6.07, 6.45) is 0. The maximum atomic E-state index is 2.50. The molecule has 1 aliphatic rings. The van der Waals surface area contributed by atoms with Gasteiger partial charge in [0.15, 0.2) is 0 Å². The highest BCUT2D eigenvalue weighted by molar-refractivity contribution is 7.04. The molecule has 0 fully saturated rings. The van der Waals surface area contributed by atoms with E-state index in [0.717, 1.165) is 0 Å². The van der Waals surface area contributed by atoms with E-state index in [4.69, 9.17) is 0 Å². The lowest BCUT2D eigenvalue weighted by Gasteiger charge is -2.19. The van der Waals surface area contributed by atoms with Gasteiger partial charge >= 0.3 is 0 Å². The van der Waals surface area contributed by atoms with Gasteiger partial charge in [-0.3, -0.25) is 0 Å². The lowest BCUT2D eigenvalue weighted by atomic mass is 9.98. The third kappa shape index (κ3) is 5.08. The molecule has 3 heteroatoms. The average Bonchev–Trinajstić information content (AvgIpc) is 3.90. The lowest BCUT2D eigenvalue weighted by molar-refractivity contribution is 1.18. The Bertz CT molecular complexity index is 3780. The summed E-state index contributed by atoms with van der Waals surface area (Å²) in [5, 5.41) is 13.3. The van der Waals surface area contributed by atoms with Crippen molar-refractivity contribution >= 4 is 83.6 Å². The van der Waals surface area contributed by atoms with E-state index in [1.807, 2.05) is 0 Å². The fourth-order valence-electron chi connectivity index (χ4n) is 10.6. The maximum absolute atomic E-state index is 2.50. The molecule has 0 aliphatic carbocycles. The zero-order chi connectivity index (χ0) is 40.4. The van der Waals surface area contributed by atoms with Gasteiger partial charge < -0.3 is 9.13 Å². The van der Waals surface area contributed by atoms with Crippen LogP contribution < -0.4 is 10.4 Å². The van der Waals surface area contributed by atoms with Crippen molar-refractivity contribution in [2.45, 2.75) is 13.1 Å². The van der Waals surface area contributed by atoms with Crippen molar-refractivity contribution in [1.82, 2.24) is 9.13 Å². The van der Waals surface area contributed by atoms with Gasteiger partial charge in [0.1, 0.15) is 8.07 Å². The highest BCUT2D eigenvalue weighted by Gasteiger charge is 2.37. The van der Waals surface area contributed by atoms with Crippen LogP contribution in [0.5, 0.6) is 0 Å². The first-order valence-corrected chi connectivity index (χ1v) is 24.3. The lowest BCUT2D eigenvalue weighted by Crippen LogP contribution is -2.49. The Kier molecular flexibility index (Phi) is 7.20. The first-order valence-electron chi connectivity index (χ1n) is 21.3. The van der Waals surface area contributed by atoms with Crippen LogP contribution in [-0.2, 0) is 0 Å². The minimum Gasteiger partial charge on any atom is -0.309 e. The van der Waals surface area contributed by atoms with Crippen LogP contribution in [-0.4, -0.2) is 17.2 Å². The van der Waals surface area contributed by atoms with Crippen LogP contribution in [0, 0.1) is 0 Å². The van der Waals surface area contributed by atoms with Crippen LogP contribution in [0.1, 0.15) is 0 Å². The molecule has 1 aliphatic heterocycles. The molecule has 0 saturated carbocycles. The van der Waals surface area contributed by atoms with E-state index in [2.05, 4.69) is 228 Å². The molecule has 2 nitrogen and oxygen atoms in total. The Hall–Kier alpha value is -7.46. The number of benzene rings is 10. The third-order valence-corrected chi connectivity index (χ3v) is 17.2. The number of nitrogens with zero attached hydrogens (tertiary/aromatic N) is 2. The van der Waals surface area contributed by atoms with Crippen molar-refractivity contribution < 1.29 is 0 Å². The zero-order valence-corrected chi connectivity index (χ0v) is 35.0. The Morgan fingerprint density at radius 1 is 0.295 bits per heavy atom. The van der Waals surface area contributed by atoms with Gasteiger partial charge in [-0.15, -0.1) is 0 Å². The Labute approximate surface area is 355 Å². The summed E-state index contributed by atoms with van der Waals surface area (Å²) in [6, 6.07) is 77.1. The van der Waals surface area contributed by atoms with Gasteiger partial charge in [-0.2, -0.15) is 0 Å². The van der Waals surface area contributed by atoms with Gasteiger partial charge in [0.2, 0.25) is 0 Å². The van der Waals surface area contributed by atoms with Crippen molar-refractivity contribution in [2.75, 3.05) is 0 Å². The normalized spacial score (nSPS) is 13.2. The number of hydrogen-bond acceptors (Lipinski definition) is 0. The fourth-order valence-corrected chi connectivity index (χ4v) is 13.7. The predicted octanol–water partition coefficient (Wildman–Crippen LogP) is 14.3. The number of aromatic nitrogens is 2. The Morgan fingerprint density at radius 2 is 0.820 bits per heavy atom. The summed E-state index contributed by atoms with van der Waals surface area (Å²) in [5.41, 5.74) is 14.9. The summed E-state index contributed by atoms with van der Waals surface area (Å²) in [6.45, 7) is 4.99. The minimum absolute atomic E-state index is 1.17. The molecular weight excluding hydrogens is 753 g/mol. The quantitative estimate of drug-likeness (QED) is 0.124. The molecule has 13 rings (SSSR count). The molecule has 0 unspecified atom stereocenters. The fraction of sp³-hybridized carbons (Fsp3) is 0.0345. The SMILES string of the molecule is C[Si]1(C)c2ccccc2-c2cc3cc4cc(-n5c6ccccc6c6cc(-c7ccc8c(c7)c7cc(-c9ccccc9)ccc7n8-c7ccccc7)ccc65)ccc4cc3cc21. The molecule has 12 aromatic rings. The molecule has 3 heterocycles. The molecule has 0 amide bonds. The molecule has 61 heavy (non-hydrogen) atoms. The second-order valence-corrected chi connectivity index (χ2v) is 21.7. The molecule has 0 spiro atoms. The average molecular weight is 793 g/mol. The van der Waals surface area contributed by atoms with Crippen LogP contribution in [0.2, 0.25) is 13.1 Å². The monoisotopic (exact) mass is 792 g/mol. The topological polar surface area (TPSA) is 9.86 Å². The van der Waals surface area contributed by atoms with Crippen molar-refractivity contribution in [3.8, 4) is 44.8 Å². The molecule has 10 aromatic carbocycles. The first kappa shape index (κ1) is 34.4. The van der Waals surface area contributed by atoms with E-state index in [-0.39, 0.29) is 0 Å². The van der Waals surface area contributed by atoms with Crippen molar-refractivity contribution in [2.24, 2.45) is 0 Å². The van der Waals surface area contributed by atoms with Crippen molar-refractivity contribution in [1.29, 1.82) is 0 Å². The van der Waals surface area contributed by atoms with Gasteiger partial charge in [0.25, 0.3) is 0 Å². The van der Waals surface area contributed by atoms with Gasteiger partial charge in [0.05, 0.1) is 22.1 Å². The van der Waals surface area contributed by atoms with Gasteiger partial charge in [0, 0.05) is 32.9 Å². The maximum Gasteiger partial charge on any atom is 0.113 e. The van der Waals surface area contributed by atoms with E-state index in [1.165, 1.54) is 110 Å². The van der Waals surface area contributed by atoms with Gasteiger partial charge in [-0.1, -0.05) is 134 Å². The molecular formula is C58H40N2Si. The first-order chi connectivity index (χ1) is 30.0. The number of rotatable bonds is 4. The largest absolute Gasteiger partial charge is 0.309 e. The predicted molar refractivity (Wildman–Crippen MR) is 263 cm³/mol. The molecule has 0 N–H and O–H groups in total. The Morgan fingerprint density at radius 3 is 1.54 bits per heavy atom. The molecule has 0 saturated heterocycles. The van der Waals surface area contributed by atoms with Crippen LogP contribution >= 0.6 is 0 Å². The van der Waals surface area contributed by atoms with Crippen LogP contribution in [0.3, 0.4) is 0 Å². The minimum atomic E-state index is -1.74. The summed E-state index contributed by atoms with van der Waals surface area (Å²) >= 11 is 0. The standard InChI is InChI=1S/C58H40N2Si/c1-61(2)57-20-12-10-18-48(57)52-35-43-30-42-31-46(25-21-38(42)29-44(43)36-58(52)61)60-53-19-11-9-17-47(53)49-33-40(23-27-54(49)60)41-24-28-56-51(34-41)50-32-39(37-13-5-3-6-14-37)22-26-55(50)59(56)45-15-7-4-8-16-45/h3-36H,1-2H3. The third-order valence-electron chi connectivity index (χ3n) is 13.6. The number of hydrogen-bond donors (Lipinski definition) is 0. The number of para-hydroxylation sites is 2. The van der Waals surface area contributed by atoms with E-state index in [1.54, 1.807) is 10.4 Å². The molecule has 2 aromatic heterocycles. The van der Waals surface area contributed by atoms with Crippen LogP contribution in [0.4, 0.5) is 0 Å². The van der Waals surface area contributed by atoms with Gasteiger partial charge in [-0.25, -0.2) is 0 Å². The van der Waals surface area contributed by atoms with Crippen LogP contribution in [0.15, 0.2) is 206 Å². The second kappa shape index (κ2) is 12.8. The van der Waals surface area contributed by atoms with Crippen molar-refractivity contribution in [3.05, 3.63) is 206 Å². The van der Waals surface area contributed by atoms with E-state index < -0.39 is 8.07 Å². The second-order valence-electron chi connectivity index (χ2n) is 17.4. The summed E-state index contributed by atoms with van der Waals surface area (Å²) in [7, 11) is -1.74. The van der Waals surface area contributed by atoms with Crippen LogP contribution in [0.25, 0.3) is 110 Å². The van der Waals surface area contributed by atoms with Gasteiger partial charge in [-0.05, 0) is 150 Å². The smallest absolute Gasteiger partial charge is 0.113 e. The Balaban J connectivity index is 0.957. The summed E-state index contributed by atoms with van der Waals surface area (Å²) in [4.78, 5) is 0. The summed E-state index contributed by atoms with van der Waals surface area (Å²) in [5.74, 6) is 0. The summed E-state index contributed by atoms with van der Waals surface area (Å²) < 4.78 is 4.85. The highest BCUT2D eigenvalue weighted by atomic mass is 28.3. The van der Waals surface area contributed by atoms with Crippen molar-refractivity contribution in [3.63, 3.8) is 0 Å². The number of fused-ring (bicyclic) bond motifs is 11. The molecule has 0 radical (unpaired) electrons. The zero-order valence-electron chi connectivity index (χ0n) is 34.0. The van der Waals surface area contributed by atoms with E-state index in [9.17, 15) is 0 Å². The molecule has 0 bridgehead atoms. The molecule has 286 valence electrons. The van der Waals surface area contributed by atoms with E-state index in [0.29, 0.717) is 0 Å². The highest BCUT2D eigenvalue weighted by Crippen LogP contribution is 2.40. The van der Waals surface area contributed by atoms with E-state index >= 15 is 0 Å². The molecule has 0 atom stereocenters.